The molecule has 0 spiro atoms. The summed E-state index contributed by atoms with van der Waals surface area (Å²) < 4.78 is 0. The summed E-state index contributed by atoms with van der Waals surface area (Å²) in [5.41, 5.74) is 7.00. The van der Waals surface area contributed by atoms with Gasteiger partial charge in [0.2, 0.25) is 0 Å². The number of benzene rings is 6. The fourth-order valence-corrected chi connectivity index (χ4v) is 8.21. The Morgan fingerprint density at radius 3 is 1.80 bits per heavy atom. The van der Waals surface area contributed by atoms with E-state index in [0.29, 0.717) is 0 Å². The van der Waals surface area contributed by atoms with Crippen molar-refractivity contribution in [3.05, 3.63) is 151 Å². The van der Waals surface area contributed by atoms with Gasteiger partial charge in [-0.2, -0.15) is 0 Å². The third kappa shape index (κ3) is 4.53. The summed E-state index contributed by atoms with van der Waals surface area (Å²) in [6, 6.07) is 48.6. The molecule has 0 radical (unpaired) electrons. The van der Waals surface area contributed by atoms with Crippen molar-refractivity contribution < 1.29 is 0 Å². The maximum absolute atomic E-state index is 5.35. The van der Waals surface area contributed by atoms with E-state index in [1.54, 1.807) is 0 Å². The molecule has 0 unspecified atom stereocenters. The zero-order valence-electron chi connectivity index (χ0n) is 23.3. The minimum Gasteiger partial charge on any atom is -0.246 e. The molecule has 1 aromatic heterocycles. The summed E-state index contributed by atoms with van der Waals surface area (Å²) in [6.07, 6.45) is 4.31. The molecule has 0 bridgehead atoms. The van der Waals surface area contributed by atoms with Crippen LogP contribution in [0.25, 0.3) is 49.8 Å². The lowest BCUT2D eigenvalue weighted by atomic mass is 9.92. The molecule has 0 saturated carbocycles. The Morgan fingerprint density at radius 1 is 0.537 bits per heavy atom. The van der Waals surface area contributed by atoms with Crippen molar-refractivity contribution in [1.29, 1.82) is 0 Å². The van der Waals surface area contributed by atoms with Crippen LogP contribution in [0, 0.1) is 6.92 Å². The van der Waals surface area contributed by atoms with E-state index in [4.69, 9.17) is 4.98 Å². The lowest BCUT2D eigenvalue weighted by molar-refractivity contribution is 1.42. The molecule has 7 rings (SSSR count). The third-order valence-corrected chi connectivity index (χ3v) is 10.3. The summed E-state index contributed by atoms with van der Waals surface area (Å²) in [7, 11) is -0.656. The largest absolute Gasteiger partial charge is 0.246 e. The maximum Gasteiger partial charge on any atom is 0.0794 e. The number of hydrogen-bond acceptors (Lipinski definition) is 1. The van der Waals surface area contributed by atoms with Crippen LogP contribution in [0.3, 0.4) is 0 Å². The molecule has 6 aromatic carbocycles. The Kier molecular flexibility index (Phi) is 6.67. The van der Waals surface area contributed by atoms with Crippen molar-refractivity contribution in [3.8, 4) is 11.1 Å². The fraction of sp³-hybridized carbons (Fsp3) is 0.0513. The molecule has 0 aliphatic carbocycles. The number of fused-ring (bicyclic) bond motifs is 4. The number of allylic oxidation sites excluding steroid dienone is 1. The first-order valence-corrected chi connectivity index (χ1v) is 15.5. The molecule has 1 nitrogen and oxygen atoms in total. The Hall–Kier alpha value is -4.58. The van der Waals surface area contributed by atoms with Crippen molar-refractivity contribution in [2.24, 2.45) is 0 Å². The van der Waals surface area contributed by atoms with Crippen LogP contribution < -0.4 is 15.9 Å². The van der Waals surface area contributed by atoms with E-state index in [2.05, 4.69) is 159 Å². The van der Waals surface area contributed by atoms with Gasteiger partial charge in [-0.05, 0) is 54.2 Å². The van der Waals surface area contributed by atoms with Gasteiger partial charge in [0.25, 0.3) is 0 Å². The number of aryl methyl sites for hydroxylation is 1. The predicted octanol–water partition coefficient (Wildman–Crippen LogP) is 9.31. The number of rotatable bonds is 5. The topological polar surface area (TPSA) is 12.9 Å². The Bertz CT molecular complexity index is 2000. The van der Waals surface area contributed by atoms with Crippen LogP contribution in [0.1, 0.15) is 18.1 Å². The summed E-state index contributed by atoms with van der Waals surface area (Å²) in [5, 5.41) is 8.84. The normalized spacial score (nSPS) is 11.8. The quantitative estimate of drug-likeness (QED) is 0.120. The fourth-order valence-electron chi connectivity index (χ4n) is 5.93. The van der Waals surface area contributed by atoms with Crippen LogP contribution in [0.15, 0.2) is 140 Å². The molecule has 41 heavy (non-hydrogen) atoms. The second kappa shape index (κ2) is 10.8. The van der Waals surface area contributed by atoms with E-state index in [-0.39, 0.29) is 0 Å². The second-order valence-corrected chi connectivity index (χ2v) is 12.6. The van der Waals surface area contributed by atoms with Gasteiger partial charge in [-0.1, -0.05) is 146 Å². The number of pyridine rings is 1. The van der Waals surface area contributed by atoms with E-state index >= 15 is 0 Å². The maximum atomic E-state index is 5.35. The van der Waals surface area contributed by atoms with Crippen molar-refractivity contribution in [3.63, 3.8) is 0 Å². The predicted molar refractivity (Wildman–Crippen MR) is 180 cm³/mol. The van der Waals surface area contributed by atoms with Gasteiger partial charge in [0.05, 0.1) is 11.0 Å². The minimum atomic E-state index is -0.656. The Morgan fingerprint density at radius 2 is 1.12 bits per heavy atom. The Labute approximate surface area is 242 Å². The molecular formula is C39H30NP. The SMILES string of the molecule is C/C=C\c1c(C)ccc2c(-c3ccc(P(c4ccccc4)c4ccccc4)cc3)c3ccc4ccccc4c3nc12. The lowest BCUT2D eigenvalue weighted by Gasteiger charge is -2.20. The molecule has 0 aliphatic heterocycles. The van der Waals surface area contributed by atoms with Crippen molar-refractivity contribution in [1.82, 2.24) is 4.98 Å². The zero-order chi connectivity index (χ0) is 27.8. The van der Waals surface area contributed by atoms with Crippen LogP contribution in [0.5, 0.6) is 0 Å². The van der Waals surface area contributed by atoms with Gasteiger partial charge < -0.3 is 0 Å². The molecule has 2 heteroatoms. The molecule has 7 aromatic rings. The standard InChI is InChI=1S/C39H30NP/c1-3-12-33-27(2)19-25-35-37(36-26-22-28-13-10-11-18-34(28)39(36)40-38(33)35)29-20-23-32(24-21-29)41(30-14-6-4-7-15-30)31-16-8-5-9-17-31/h3-26H,1-2H3/b12-3-. The lowest BCUT2D eigenvalue weighted by Crippen LogP contribution is -2.20. The Balaban J connectivity index is 1.48. The highest BCUT2D eigenvalue weighted by molar-refractivity contribution is 7.79. The number of hydrogen-bond donors (Lipinski definition) is 0. The first kappa shape index (κ1) is 25.4. The van der Waals surface area contributed by atoms with E-state index in [1.807, 2.05) is 0 Å². The van der Waals surface area contributed by atoms with Crippen LogP contribution >= 0.6 is 7.92 Å². The molecule has 1 heterocycles. The number of aromatic nitrogens is 1. The first-order valence-electron chi connectivity index (χ1n) is 14.1. The average Bonchev–Trinajstić information content (AvgIpc) is 3.03. The molecule has 0 aliphatic rings. The van der Waals surface area contributed by atoms with Crippen LogP contribution in [-0.2, 0) is 0 Å². The van der Waals surface area contributed by atoms with Gasteiger partial charge in [-0.3, -0.25) is 0 Å². The van der Waals surface area contributed by atoms with Gasteiger partial charge in [-0.25, -0.2) is 4.98 Å². The summed E-state index contributed by atoms with van der Waals surface area (Å²) in [4.78, 5) is 5.35. The van der Waals surface area contributed by atoms with Gasteiger partial charge in [0.1, 0.15) is 0 Å². The third-order valence-electron chi connectivity index (χ3n) is 7.87. The molecule has 0 atom stereocenters. The second-order valence-electron chi connectivity index (χ2n) is 10.4. The van der Waals surface area contributed by atoms with Crippen LogP contribution in [-0.4, -0.2) is 4.98 Å². The minimum absolute atomic E-state index is 0.656. The van der Waals surface area contributed by atoms with Gasteiger partial charge >= 0.3 is 0 Å². The summed E-state index contributed by atoms with van der Waals surface area (Å²) in [6.45, 7) is 4.25. The van der Waals surface area contributed by atoms with E-state index < -0.39 is 7.92 Å². The van der Waals surface area contributed by atoms with Gasteiger partial charge in [0, 0.05) is 27.3 Å². The molecule has 0 amide bonds. The molecule has 0 saturated heterocycles. The summed E-state index contributed by atoms with van der Waals surface area (Å²) >= 11 is 0. The summed E-state index contributed by atoms with van der Waals surface area (Å²) in [5.74, 6) is 0. The smallest absolute Gasteiger partial charge is 0.0794 e. The van der Waals surface area contributed by atoms with Crippen LogP contribution in [0.2, 0.25) is 0 Å². The molecule has 0 N–H and O–H groups in total. The number of nitrogens with zero attached hydrogens (tertiary/aromatic N) is 1. The highest BCUT2D eigenvalue weighted by Gasteiger charge is 2.19. The monoisotopic (exact) mass is 543 g/mol. The average molecular weight is 544 g/mol. The molecule has 196 valence electrons. The van der Waals surface area contributed by atoms with E-state index in [0.717, 1.165) is 11.0 Å². The molecule has 0 fully saturated rings. The van der Waals surface area contributed by atoms with Crippen molar-refractivity contribution in [2.45, 2.75) is 13.8 Å². The van der Waals surface area contributed by atoms with Gasteiger partial charge in [0.15, 0.2) is 0 Å². The van der Waals surface area contributed by atoms with Crippen molar-refractivity contribution in [2.75, 3.05) is 0 Å². The van der Waals surface area contributed by atoms with Gasteiger partial charge in [-0.15, -0.1) is 0 Å². The van der Waals surface area contributed by atoms with E-state index in [1.165, 1.54) is 59.7 Å². The first-order chi connectivity index (χ1) is 20.2. The van der Waals surface area contributed by atoms with E-state index in [9.17, 15) is 0 Å². The molecular weight excluding hydrogens is 513 g/mol. The highest BCUT2D eigenvalue weighted by atomic mass is 31.1. The highest BCUT2D eigenvalue weighted by Crippen LogP contribution is 2.40. The van der Waals surface area contributed by atoms with Crippen LogP contribution in [0.4, 0.5) is 0 Å². The zero-order valence-corrected chi connectivity index (χ0v) is 24.1. The van der Waals surface area contributed by atoms with Crippen molar-refractivity contribution >= 4 is 62.5 Å².